The third kappa shape index (κ3) is 14.7. The van der Waals surface area contributed by atoms with Gasteiger partial charge in [-0.1, -0.05) is 85.0 Å². The van der Waals surface area contributed by atoms with Gasteiger partial charge in [-0.25, -0.2) is 0 Å². The van der Waals surface area contributed by atoms with E-state index < -0.39 is 0 Å². The molecule has 1 N–H and O–H groups in total. The Morgan fingerprint density at radius 1 is 0.800 bits per heavy atom. The molecule has 0 aliphatic heterocycles. The summed E-state index contributed by atoms with van der Waals surface area (Å²) >= 11 is 1.92. The summed E-state index contributed by atoms with van der Waals surface area (Å²) in [5.41, 5.74) is 0. The number of unbranched alkanes of at least 4 members (excludes halogenated alkanes) is 9. The molecule has 2 atom stereocenters. The van der Waals surface area contributed by atoms with Crippen molar-refractivity contribution in [3.05, 3.63) is 0 Å². The van der Waals surface area contributed by atoms with E-state index in [0.29, 0.717) is 5.25 Å². The van der Waals surface area contributed by atoms with Crippen molar-refractivity contribution >= 4 is 11.8 Å². The first kappa shape index (κ1) is 20.3. The predicted octanol–water partition coefficient (Wildman–Crippen LogP) is 6.19. The van der Waals surface area contributed by atoms with Crippen molar-refractivity contribution < 1.29 is 5.11 Å². The van der Waals surface area contributed by atoms with Crippen molar-refractivity contribution in [3.63, 3.8) is 0 Å². The van der Waals surface area contributed by atoms with Gasteiger partial charge in [-0.15, -0.1) is 0 Å². The van der Waals surface area contributed by atoms with Gasteiger partial charge in [0.05, 0.1) is 6.10 Å². The number of aliphatic hydroxyl groups excluding tert-OH is 1. The van der Waals surface area contributed by atoms with E-state index in [2.05, 4.69) is 20.8 Å². The van der Waals surface area contributed by atoms with Crippen LogP contribution < -0.4 is 0 Å². The summed E-state index contributed by atoms with van der Waals surface area (Å²) in [5, 5.41) is 10.6. The lowest BCUT2D eigenvalue weighted by atomic mass is 10.1. The molecular weight excluding hydrogens is 264 g/mol. The molecule has 0 heterocycles. The highest BCUT2D eigenvalue weighted by molar-refractivity contribution is 7.99. The summed E-state index contributed by atoms with van der Waals surface area (Å²) in [4.78, 5) is 0. The highest BCUT2D eigenvalue weighted by atomic mass is 32.2. The fourth-order valence-corrected chi connectivity index (χ4v) is 3.30. The average molecular weight is 303 g/mol. The Labute approximate surface area is 132 Å². The SMILES string of the molecule is CCCCCCCCCCCCC(O)CSC(C)CC. The smallest absolute Gasteiger partial charge is 0.0630 e. The molecule has 0 aliphatic rings. The molecule has 0 amide bonds. The van der Waals surface area contributed by atoms with Gasteiger partial charge in [0, 0.05) is 11.0 Å². The van der Waals surface area contributed by atoms with Gasteiger partial charge in [-0.2, -0.15) is 11.8 Å². The van der Waals surface area contributed by atoms with Crippen LogP contribution in [0.25, 0.3) is 0 Å². The van der Waals surface area contributed by atoms with Crippen LogP contribution in [-0.4, -0.2) is 22.2 Å². The molecule has 2 heteroatoms. The molecule has 1 nitrogen and oxygen atoms in total. The van der Waals surface area contributed by atoms with Crippen LogP contribution >= 0.6 is 11.8 Å². The van der Waals surface area contributed by atoms with Crippen LogP contribution in [0, 0.1) is 0 Å². The van der Waals surface area contributed by atoms with Gasteiger partial charge < -0.3 is 5.11 Å². The maximum absolute atomic E-state index is 9.90. The molecule has 0 bridgehead atoms. The van der Waals surface area contributed by atoms with Crippen molar-refractivity contribution in [3.8, 4) is 0 Å². The zero-order valence-corrected chi connectivity index (χ0v) is 15.0. The summed E-state index contributed by atoms with van der Waals surface area (Å²) in [6, 6.07) is 0. The lowest BCUT2D eigenvalue weighted by Crippen LogP contribution is -2.12. The first-order chi connectivity index (χ1) is 9.70. The number of rotatable bonds is 15. The second-order valence-corrected chi connectivity index (χ2v) is 7.65. The molecule has 0 saturated carbocycles. The van der Waals surface area contributed by atoms with Crippen molar-refractivity contribution in [2.24, 2.45) is 0 Å². The quantitative estimate of drug-likeness (QED) is 0.364. The van der Waals surface area contributed by atoms with Crippen LogP contribution in [0.3, 0.4) is 0 Å². The molecule has 0 fully saturated rings. The fourth-order valence-electron chi connectivity index (χ4n) is 2.34. The van der Waals surface area contributed by atoms with Crippen molar-refractivity contribution in [1.29, 1.82) is 0 Å². The van der Waals surface area contributed by atoms with Gasteiger partial charge in [0.1, 0.15) is 0 Å². The largest absolute Gasteiger partial charge is 0.392 e. The van der Waals surface area contributed by atoms with Crippen LogP contribution in [0.4, 0.5) is 0 Å². The van der Waals surface area contributed by atoms with Gasteiger partial charge >= 0.3 is 0 Å². The molecule has 0 aromatic carbocycles. The van der Waals surface area contributed by atoms with Crippen LogP contribution in [-0.2, 0) is 0 Å². The minimum atomic E-state index is -0.0805. The Kier molecular flexibility index (Phi) is 15.9. The second kappa shape index (κ2) is 15.7. The van der Waals surface area contributed by atoms with Gasteiger partial charge in [-0.3, -0.25) is 0 Å². The van der Waals surface area contributed by atoms with E-state index in [1.807, 2.05) is 11.8 Å². The van der Waals surface area contributed by atoms with Crippen molar-refractivity contribution in [2.45, 2.75) is 109 Å². The molecule has 0 aliphatic carbocycles. The number of hydrogen-bond donors (Lipinski definition) is 1. The van der Waals surface area contributed by atoms with Crippen molar-refractivity contribution in [2.75, 3.05) is 5.75 Å². The van der Waals surface area contributed by atoms with E-state index in [1.54, 1.807) is 0 Å². The Morgan fingerprint density at radius 2 is 1.30 bits per heavy atom. The van der Waals surface area contributed by atoms with Gasteiger partial charge in [0.15, 0.2) is 0 Å². The Bertz CT molecular complexity index is 184. The first-order valence-corrected chi connectivity index (χ1v) is 10.0. The summed E-state index contributed by atoms with van der Waals surface area (Å²) in [6.07, 6.45) is 15.8. The lowest BCUT2D eigenvalue weighted by molar-refractivity contribution is 0.184. The van der Waals surface area contributed by atoms with E-state index in [1.165, 1.54) is 70.6 Å². The molecule has 0 radical (unpaired) electrons. The molecule has 2 unspecified atom stereocenters. The van der Waals surface area contributed by atoms with E-state index in [-0.39, 0.29) is 6.10 Å². The van der Waals surface area contributed by atoms with Crippen LogP contribution in [0.1, 0.15) is 97.8 Å². The predicted molar refractivity (Wildman–Crippen MR) is 94.7 cm³/mol. The zero-order chi connectivity index (χ0) is 15.1. The topological polar surface area (TPSA) is 20.2 Å². The molecule has 0 saturated heterocycles. The Balaban J connectivity index is 3.15. The normalized spacial score (nSPS) is 14.4. The molecule has 20 heavy (non-hydrogen) atoms. The van der Waals surface area contributed by atoms with Crippen LogP contribution in [0.15, 0.2) is 0 Å². The lowest BCUT2D eigenvalue weighted by Gasteiger charge is -2.13. The first-order valence-electron chi connectivity index (χ1n) is 9.00. The van der Waals surface area contributed by atoms with E-state index in [4.69, 9.17) is 0 Å². The molecule has 0 spiro atoms. The maximum Gasteiger partial charge on any atom is 0.0630 e. The van der Waals surface area contributed by atoms with E-state index in [9.17, 15) is 5.11 Å². The van der Waals surface area contributed by atoms with Gasteiger partial charge in [0.25, 0.3) is 0 Å². The fraction of sp³-hybridized carbons (Fsp3) is 1.00. The third-order valence-corrected chi connectivity index (χ3v) is 5.52. The summed E-state index contributed by atoms with van der Waals surface area (Å²) < 4.78 is 0. The van der Waals surface area contributed by atoms with Gasteiger partial charge in [0.2, 0.25) is 0 Å². The maximum atomic E-state index is 9.90. The summed E-state index contributed by atoms with van der Waals surface area (Å²) in [5.74, 6) is 0.923. The van der Waals surface area contributed by atoms with Gasteiger partial charge in [-0.05, 0) is 12.8 Å². The van der Waals surface area contributed by atoms with Crippen LogP contribution in [0.2, 0.25) is 0 Å². The highest BCUT2D eigenvalue weighted by Crippen LogP contribution is 2.17. The Morgan fingerprint density at radius 3 is 1.80 bits per heavy atom. The Hall–Kier alpha value is 0.310. The second-order valence-electron chi connectivity index (χ2n) is 6.18. The molecule has 0 aromatic heterocycles. The summed E-state index contributed by atoms with van der Waals surface area (Å²) in [6.45, 7) is 6.74. The van der Waals surface area contributed by atoms with Crippen LogP contribution in [0.5, 0.6) is 0 Å². The summed E-state index contributed by atoms with van der Waals surface area (Å²) in [7, 11) is 0. The minimum absolute atomic E-state index is 0.0805. The molecule has 0 aromatic rings. The number of thioether (sulfide) groups is 1. The molecular formula is C18H38OS. The van der Waals surface area contributed by atoms with E-state index in [0.717, 1.165) is 12.2 Å². The number of hydrogen-bond acceptors (Lipinski definition) is 2. The molecule has 0 rings (SSSR count). The number of aliphatic hydroxyl groups is 1. The zero-order valence-electron chi connectivity index (χ0n) is 14.2. The van der Waals surface area contributed by atoms with E-state index >= 15 is 0 Å². The average Bonchev–Trinajstić information content (AvgIpc) is 2.46. The third-order valence-electron chi connectivity index (χ3n) is 4.04. The highest BCUT2D eigenvalue weighted by Gasteiger charge is 2.06. The van der Waals surface area contributed by atoms with Crippen molar-refractivity contribution in [1.82, 2.24) is 0 Å². The monoisotopic (exact) mass is 302 g/mol. The minimum Gasteiger partial charge on any atom is -0.392 e. The molecule has 122 valence electrons. The standard InChI is InChI=1S/C18H38OS/c1-4-6-7-8-9-10-11-12-13-14-15-18(19)16-20-17(3)5-2/h17-19H,4-16H2,1-3H3.